The predicted octanol–water partition coefficient (Wildman–Crippen LogP) is 2.24. The molecular weight excluding hydrogens is 328 g/mol. The molecule has 1 aromatic carbocycles. The molecule has 0 fully saturated rings. The molecule has 2 heterocycles. The van der Waals surface area contributed by atoms with Crippen LogP contribution >= 0.6 is 0 Å². The summed E-state index contributed by atoms with van der Waals surface area (Å²) in [5.41, 5.74) is -0.603. The minimum atomic E-state index is -0.881. The molecule has 0 aliphatic carbocycles. The van der Waals surface area contributed by atoms with Gasteiger partial charge in [-0.05, 0) is 26.0 Å². The average molecular weight is 344 g/mol. The number of aromatic amines is 1. The Bertz CT molecular complexity index is 929. The van der Waals surface area contributed by atoms with Gasteiger partial charge in [-0.25, -0.2) is 0 Å². The highest BCUT2D eigenvalue weighted by molar-refractivity contribution is 5.75. The van der Waals surface area contributed by atoms with Crippen LogP contribution in [0.4, 0.5) is 5.69 Å². The SMILES string of the molecule is CC1(C)Oc2ccc([N+](=O)[O-])cc2C(Oc2cc[nH]c(=O)c2)=C1CO. The molecule has 0 radical (unpaired) electrons. The summed E-state index contributed by atoms with van der Waals surface area (Å²) in [5, 5.41) is 20.9. The van der Waals surface area contributed by atoms with Crippen molar-refractivity contribution in [1.29, 1.82) is 0 Å². The summed E-state index contributed by atoms with van der Waals surface area (Å²) < 4.78 is 11.7. The third-order valence-electron chi connectivity index (χ3n) is 3.91. The smallest absolute Gasteiger partial charge is 0.270 e. The first kappa shape index (κ1) is 16.7. The van der Waals surface area contributed by atoms with Crippen molar-refractivity contribution in [2.45, 2.75) is 19.4 Å². The molecule has 130 valence electrons. The van der Waals surface area contributed by atoms with Crippen LogP contribution < -0.4 is 15.0 Å². The maximum Gasteiger partial charge on any atom is 0.270 e. The number of H-pyrrole nitrogens is 1. The fourth-order valence-electron chi connectivity index (χ4n) is 2.66. The van der Waals surface area contributed by atoms with E-state index in [1.54, 1.807) is 19.9 Å². The number of benzene rings is 1. The van der Waals surface area contributed by atoms with Crippen molar-refractivity contribution in [2.24, 2.45) is 0 Å². The fourth-order valence-corrected chi connectivity index (χ4v) is 2.66. The minimum Gasteiger partial charge on any atom is -0.482 e. The van der Waals surface area contributed by atoms with Gasteiger partial charge >= 0.3 is 0 Å². The Kier molecular flexibility index (Phi) is 4.05. The first-order valence-electron chi connectivity index (χ1n) is 7.51. The van der Waals surface area contributed by atoms with Gasteiger partial charge in [0.2, 0.25) is 0 Å². The number of aliphatic hydroxyl groups is 1. The number of nitrogens with one attached hydrogen (secondary N) is 1. The lowest BCUT2D eigenvalue weighted by atomic mass is 9.91. The van der Waals surface area contributed by atoms with E-state index in [9.17, 15) is 20.0 Å². The molecule has 0 amide bonds. The van der Waals surface area contributed by atoms with E-state index in [4.69, 9.17) is 9.47 Å². The van der Waals surface area contributed by atoms with Crippen LogP contribution in [0.3, 0.4) is 0 Å². The van der Waals surface area contributed by atoms with Crippen molar-refractivity contribution < 1.29 is 19.5 Å². The zero-order valence-corrected chi connectivity index (χ0v) is 13.6. The van der Waals surface area contributed by atoms with Gasteiger partial charge in [-0.2, -0.15) is 0 Å². The van der Waals surface area contributed by atoms with E-state index in [1.807, 2.05) is 0 Å². The number of nitrogens with zero attached hydrogens (tertiary/aromatic N) is 1. The van der Waals surface area contributed by atoms with E-state index >= 15 is 0 Å². The Labute approximate surface area is 142 Å². The molecule has 1 aliphatic rings. The van der Waals surface area contributed by atoms with Crippen LogP contribution in [0.2, 0.25) is 0 Å². The Morgan fingerprint density at radius 1 is 1.32 bits per heavy atom. The zero-order chi connectivity index (χ0) is 18.2. The molecule has 25 heavy (non-hydrogen) atoms. The predicted molar refractivity (Wildman–Crippen MR) is 89.5 cm³/mol. The molecule has 8 heteroatoms. The number of rotatable bonds is 4. The topological polar surface area (TPSA) is 115 Å². The van der Waals surface area contributed by atoms with Crippen LogP contribution in [0, 0.1) is 10.1 Å². The number of non-ortho nitro benzene ring substituents is 1. The second-order valence-corrected chi connectivity index (χ2v) is 6.01. The summed E-state index contributed by atoms with van der Waals surface area (Å²) in [6.45, 7) is 3.14. The van der Waals surface area contributed by atoms with Gasteiger partial charge in [0.15, 0.2) is 0 Å². The highest BCUT2D eigenvalue weighted by atomic mass is 16.6. The van der Waals surface area contributed by atoms with E-state index in [2.05, 4.69) is 4.98 Å². The van der Waals surface area contributed by atoms with E-state index < -0.39 is 10.5 Å². The number of nitro groups is 1. The minimum absolute atomic E-state index is 0.133. The third kappa shape index (κ3) is 3.11. The molecule has 3 rings (SSSR count). The van der Waals surface area contributed by atoms with Crippen molar-refractivity contribution >= 4 is 11.4 Å². The van der Waals surface area contributed by atoms with E-state index in [1.165, 1.54) is 30.5 Å². The maximum atomic E-state index is 11.5. The largest absolute Gasteiger partial charge is 0.482 e. The molecule has 0 unspecified atom stereocenters. The lowest BCUT2D eigenvalue weighted by Crippen LogP contribution is -2.37. The molecule has 0 spiro atoms. The number of ether oxygens (including phenoxy) is 2. The van der Waals surface area contributed by atoms with Crippen molar-refractivity contribution in [1.82, 2.24) is 4.98 Å². The van der Waals surface area contributed by atoms with Gasteiger partial charge in [-0.1, -0.05) is 0 Å². The molecule has 0 saturated carbocycles. The van der Waals surface area contributed by atoms with Gasteiger partial charge < -0.3 is 19.6 Å². The first-order chi connectivity index (χ1) is 11.8. The Hall–Kier alpha value is -3.13. The summed E-state index contributed by atoms with van der Waals surface area (Å²) in [7, 11) is 0. The van der Waals surface area contributed by atoms with Gasteiger partial charge in [0.25, 0.3) is 11.2 Å². The zero-order valence-electron chi connectivity index (χ0n) is 13.6. The highest BCUT2D eigenvalue weighted by Crippen LogP contribution is 2.42. The van der Waals surface area contributed by atoms with Crippen LogP contribution in [0.1, 0.15) is 19.4 Å². The van der Waals surface area contributed by atoms with E-state index in [0.717, 1.165) is 0 Å². The summed E-state index contributed by atoms with van der Waals surface area (Å²) in [5.74, 6) is 0.885. The Morgan fingerprint density at radius 3 is 2.72 bits per heavy atom. The van der Waals surface area contributed by atoms with Crippen molar-refractivity contribution in [2.75, 3.05) is 6.61 Å². The number of aliphatic hydroxyl groups excluding tert-OH is 1. The lowest BCUT2D eigenvalue weighted by molar-refractivity contribution is -0.384. The van der Waals surface area contributed by atoms with Crippen molar-refractivity contribution in [3.63, 3.8) is 0 Å². The summed E-state index contributed by atoms with van der Waals surface area (Å²) in [4.78, 5) is 24.5. The number of aromatic nitrogens is 1. The monoisotopic (exact) mass is 344 g/mol. The number of fused-ring (bicyclic) bond motifs is 1. The fraction of sp³-hybridized carbons (Fsp3) is 0.235. The van der Waals surface area contributed by atoms with Crippen LogP contribution in [-0.2, 0) is 0 Å². The molecule has 0 atom stereocenters. The highest BCUT2D eigenvalue weighted by Gasteiger charge is 2.37. The second kappa shape index (κ2) is 6.06. The maximum absolute atomic E-state index is 11.5. The van der Waals surface area contributed by atoms with Crippen LogP contribution in [0.15, 0.2) is 46.9 Å². The molecule has 8 nitrogen and oxygen atoms in total. The van der Waals surface area contributed by atoms with Gasteiger partial charge in [-0.15, -0.1) is 0 Å². The van der Waals surface area contributed by atoms with Crippen molar-refractivity contribution in [3.8, 4) is 11.5 Å². The van der Waals surface area contributed by atoms with E-state index in [-0.39, 0.29) is 29.4 Å². The molecule has 2 N–H and O–H groups in total. The molecule has 0 bridgehead atoms. The molecular formula is C17H16N2O6. The number of pyridine rings is 1. The van der Waals surface area contributed by atoms with Crippen LogP contribution in [-0.4, -0.2) is 27.2 Å². The first-order valence-corrected chi connectivity index (χ1v) is 7.51. The normalized spacial score (nSPS) is 15.3. The summed E-state index contributed by atoms with van der Waals surface area (Å²) >= 11 is 0. The van der Waals surface area contributed by atoms with Gasteiger partial charge in [0, 0.05) is 30.0 Å². The molecule has 1 aromatic heterocycles. The molecule has 1 aliphatic heterocycles. The standard InChI is InChI=1S/C17H16N2O6/c1-17(2)13(9-20)16(24-11-5-6-18-15(21)8-11)12-7-10(19(22)23)3-4-14(12)25-17/h3-8,20H,9H2,1-2H3,(H,18,21). The molecule has 0 saturated heterocycles. The number of hydrogen-bond donors (Lipinski definition) is 2. The Balaban J connectivity index is 2.19. The van der Waals surface area contributed by atoms with Gasteiger partial charge in [0.05, 0.1) is 17.1 Å². The van der Waals surface area contributed by atoms with Crippen molar-refractivity contribution in [3.05, 3.63) is 68.1 Å². The summed E-state index contributed by atoms with van der Waals surface area (Å²) in [6, 6.07) is 6.95. The number of nitro benzene ring substituents is 1. The lowest BCUT2D eigenvalue weighted by Gasteiger charge is -2.35. The third-order valence-corrected chi connectivity index (χ3v) is 3.91. The average Bonchev–Trinajstić information content (AvgIpc) is 2.53. The van der Waals surface area contributed by atoms with E-state index in [0.29, 0.717) is 16.9 Å². The van der Waals surface area contributed by atoms with Crippen LogP contribution in [0.25, 0.3) is 5.76 Å². The Morgan fingerprint density at radius 2 is 2.08 bits per heavy atom. The van der Waals surface area contributed by atoms with Gasteiger partial charge in [-0.3, -0.25) is 14.9 Å². The molecule has 2 aromatic rings. The van der Waals surface area contributed by atoms with Gasteiger partial charge in [0.1, 0.15) is 22.9 Å². The number of hydrogen-bond acceptors (Lipinski definition) is 6. The quantitative estimate of drug-likeness (QED) is 0.649. The van der Waals surface area contributed by atoms with Crippen LogP contribution in [0.5, 0.6) is 11.5 Å². The second-order valence-electron chi connectivity index (χ2n) is 6.01. The summed E-state index contributed by atoms with van der Waals surface area (Å²) in [6.07, 6.45) is 1.43.